The number of hydrogen-bond donors (Lipinski definition) is 1. The van der Waals surface area contributed by atoms with Crippen molar-refractivity contribution in [3.8, 4) is 11.4 Å². The molecular formula is C14H12BrN3O. The Labute approximate surface area is 119 Å². The summed E-state index contributed by atoms with van der Waals surface area (Å²) in [5.74, 6) is 1.45. The quantitative estimate of drug-likeness (QED) is 0.790. The van der Waals surface area contributed by atoms with Gasteiger partial charge in [0.25, 0.3) is 0 Å². The molecule has 96 valence electrons. The van der Waals surface area contributed by atoms with Crippen LogP contribution in [0.4, 0.5) is 5.82 Å². The molecule has 0 amide bonds. The van der Waals surface area contributed by atoms with E-state index in [1.54, 1.807) is 12.5 Å². The first-order chi connectivity index (χ1) is 9.29. The molecule has 0 saturated heterocycles. The summed E-state index contributed by atoms with van der Waals surface area (Å²) in [5.41, 5.74) is 1.75. The molecule has 2 aromatic heterocycles. The molecule has 1 N–H and O–H groups in total. The van der Waals surface area contributed by atoms with Crippen molar-refractivity contribution < 1.29 is 4.42 Å². The summed E-state index contributed by atoms with van der Waals surface area (Å²) in [6, 6.07) is 7.86. The second kappa shape index (κ2) is 5.01. The summed E-state index contributed by atoms with van der Waals surface area (Å²) < 4.78 is 6.37. The second-order valence-corrected chi connectivity index (χ2v) is 4.92. The van der Waals surface area contributed by atoms with Gasteiger partial charge in [-0.3, -0.25) is 0 Å². The van der Waals surface area contributed by atoms with Crippen LogP contribution in [0.3, 0.4) is 0 Å². The minimum atomic E-state index is 0.657. The predicted octanol–water partition coefficient (Wildman–Crippen LogP) is 4.08. The van der Waals surface area contributed by atoms with Crippen LogP contribution >= 0.6 is 15.9 Å². The van der Waals surface area contributed by atoms with Crippen LogP contribution in [0, 0.1) is 0 Å². The first-order valence-electron chi connectivity index (χ1n) is 6.02. The fourth-order valence-corrected chi connectivity index (χ4v) is 2.27. The molecule has 0 atom stereocenters. The standard InChI is InChI=1S/C14H12BrN3O/c1-2-16-14-11(15)7-17-13(18-14)10-8-19-12-6-4-3-5-9(10)12/h3-8H,2H2,1H3,(H,16,17,18). The summed E-state index contributed by atoms with van der Waals surface area (Å²) in [4.78, 5) is 8.88. The molecule has 5 heteroatoms. The molecule has 0 spiro atoms. The Kier molecular flexibility index (Phi) is 3.21. The Morgan fingerprint density at radius 3 is 3.00 bits per heavy atom. The summed E-state index contributed by atoms with van der Waals surface area (Å²) in [6.45, 7) is 2.84. The molecule has 0 aliphatic rings. The van der Waals surface area contributed by atoms with Crippen LogP contribution in [0.15, 0.2) is 45.6 Å². The van der Waals surface area contributed by atoms with E-state index in [2.05, 4.69) is 31.2 Å². The summed E-state index contributed by atoms with van der Waals surface area (Å²) in [6.07, 6.45) is 3.45. The third-order valence-corrected chi connectivity index (χ3v) is 3.39. The van der Waals surface area contributed by atoms with Crippen LogP contribution in [0.1, 0.15) is 6.92 Å². The normalized spacial score (nSPS) is 10.8. The lowest BCUT2D eigenvalue weighted by Gasteiger charge is -2.06. The van der Waals surface area contributed by atoms with Gasteiger partial charge in [0.05, 0.1) is 10.0 Å². The van der Waals surface area contributed by atoms with Gasteiger partial charge in [0, 0.05) is 18.1 Å². The van der Waals surface area contributed by atoms with Gasteiger partial charge in [-0.1, -0.05) is 18.2 Å². The minimum Gasteiger partial charge on any atom is -0.464 e. The molecule has 3 rings (SSSR count). The fourth-order valence-electron chi connectivity index (χ4n) is 1.94. The Morgan fingerprint density at radius 1 is 1.32 bits per heavy atom. The highest BCUT2D eigenvalue weighted by Gasteiger charge is 2.12. The number of rotatable bonds is 3. The fraction of sp³-hybridized carbons (Fsp3) is 0.143. The number of furan rings is 1. The minimum absolute atomic E-state index is 0.657. The molecule has 0 fully saturated rings. The lowest BCUT2D eigenvalue weighted by molar-refractivity contribution is 0.616. The van der Waals surface area contributed by atoms with Gasteiger partial charge in [0.15, 0.2) is 5.82 Å². The largest absolute Gasteiger partial charge is 0.464 e. The Morgan fingerprint density at radius 2 is 2.16 bits per heavy atom. The monoisotopic (exact) mass is 317 g/mol. The van der Waals surface area contributed by atoms with E-state index in [1.165, 1.54) is 0 Å². The van der Waals surface area contributed by atoms with Gasteiger partial charge >= 0.3 is 0 Å². The lowest BCUT2D eigenvalue weighted by atomic mass is 10.1. The molecule has 2 heterocycles. The molecule has 0 radical (unpaired) electrons. The average molecular weight is 318 g/mol. The third-order valence-electron chi connectivity index (χ3n) is 2.81. The SMILES string of the molecule is CCNc1nc(-c2coc3ccccc23)ncc1Br. The van der Waals surface area contributed by atoms with Crippen LogP contribution in [0.25, 0.3) is 22.4 Å². The van der Waals surface area contributed by atoms with E-state index in [4.69, 9.17) is 4.42 Å². The number of nitrogens with zero attached hydrogens (tertiary/aromatic N) is 2. The first kappa shape index (κ1) is 12.2. The van der Waals surface area contributed by atoms with Crippen molar-refractivity contribution in [3.05, 3.63) is 41.2 Å². The molecule has 0 aliphatic heterocycles. The lowest BCUT2D eigenvalue weighted by Crippen LogP contribution is -2.02. The third kappa shape index (κ3) is 2.21. The number of fused-ring (bicyclic) bond motifs is 1. The second-order valence-electron chi connectivity index (χ2n) is 4.07. The molecule has 4 nitrogen and oxygen atoms in total. The van der Waals surface area contributed by atoms with Crippen LogP contribution in [0.5, 0.6) is 0 Å². The molecule has 0 bridgehead atoms. The number of nitrogens with one attached hydrogen (secondary N) is 1. The highest BCUT2D eigenvalue weighted by atomic mass is 79.9. The summed E-state index contributed by atoms with van der Waals surface area (Å²) in [7, 11) is 0. The van der Waals surface area contributed by atoms with Crippen molar-refractivity contribution in [1.29, 1.82) is 0 Å². The zero-order valence-electron chi connectivity index (χ0n) is 10.4. The number of benzene rings is 1. The molecule has 0 saturated carbocycles. The van der Waals surface area contributed by atoms with Gasteiger partial charge in [-0.25, -0.2) is 9.97 Å². The maximum atomic E-state index is 5.52. The predicted molar refractivity (Wildman–Crippen MR) is 79.1 cm³/mol. The maximum Gasteiger partial charge on any atom is 0.165 e. The van der Waals surface area contributed by atoms with Crippen LogP contribution < -0.4 is 5.32 Å². The summed E-state index contributed by atoms with van der Waals surface area (Å²) in [5, 5.41) is 4.22. The Hall–Kier alpha value is -1.88. The van der Waals surface area contributed by atoms with Crippen molar-refractivity contribution in [1.82, 2.24) is 9.97 Å². The zero-order chi connectivity index (χ0) is 13.2. The molecular weight excluding hydrogens is 306 g/mol. The average Bonchev–Trinajstić information content (AvgIpc) is 2.85. The molecule has 1 aromatic carbocycles. The van der Waals surface area contributed by atoms with E-state index in [9.17, 15) is 0 Å². The van der Waals surface area contributed by atoms with Gasteiger partial charge in [-0.2, -0.15) is 0 Å². The van der Waals surface area contributed by atoms with E-state index < -0.39 is 0 Å². The highest BCUT2D eigenvalue weighted by Crippen LogP contribution is 2.30. The number of halogens is 1. The number of hydrogen-bond acceptors (Lipinski definition) is 4. The smallest absolute Gasteiger partial charge is 0.165 e. The van der Waals surface area contributed by atoms with Crippen molar-refractivity contribution in [2.75, 3.05) is 11.9 Å². The molecule has 0 aliphatic carbocycles. The van der Waals surface area contributed by atoms with Gasteiger partial charge in [0.1, 0.15) is 17.7 Å². The number of anilines is 1. The van der Waals surface area contributed by atoms with E-state index in [-0.39, 0.29) is 0 Å². The highest BCUT2D eigenvalue weighted by molar-refractivity contribution is 9.10. The summed E-state index contributed by atoms with van der Waals surface area (Å²) >= 11 is 3.43. The van der Waals surface area contributed by atoms with Gasteiger partial charge < -0.3 is 9.73 Å². The van der Waals surface area contributed by atoms with Crippen molar-refractivity contribution in [2.45, 2.75) is 6.92 Å². The maximum absolute atomic E-state index is 5.52. The molecule has 19 heavy (non-hydrogen) atoms. The first-order valence-corrected chi connectivity index (χ1v) is 6.82. The molecule has 0 unspecified atom stereocenters. The zero-order valence-corrected chi connectivity index (χ0v) is 11.9. The van der Waals surface area contributed by atoms with Crippen molar-refractivity contribution in [2.24, 2.45) is 0 Å². The Bertz CT molecular complexity index is 724. The van der Waals surface area contributed by atoms with Crippen molar-refractivity contribution >= 4 is 32.7 Å². The molecule has 3 aromatic rings. The van der Waals surface area contributed by atoms with Crippen LogP contribution in [-0.2, 0) is 0 Å². The van der Waals surface area contributed by atoms with E-state index in [0.717, 1.165) is 33.4 Å². The van der Waals surface area contributed by atoms with Gasteiger partial charge in [-0.05, 0) is 28.9 Å². The van der Waals surface area contributed by atoms with Crippen LogP contribution in [-0.4, -0.2) is 16.5 Å². The topological polar surface area (TPSA) is 51.0 Å². The van der Waals surface area contributed by atoms with E-state index >= 15 is 0 Å². The Balaban J connectivity index is 2.13. The van der Waals surface area contributed by atoms with E-state index in [0.29, 0.717) is 5.82 Å². The van der Waals surface area contributed by atoms with Gasteiger partial charge in [0.2, 0.25) is 0 Å². The van der Waals surface area contributed by atoms with Gasteiger partial charge in [-0.15, -0.1) is 0 Å². The van der Waals surface area contributed by atoms with Crippen molar-refractivity contribution in [3.63, 3.8) is 0 Å². The number of para-hydroxylation sites is 1. The van der Waals surface area contributed by atoms with E-state index in [1.807, 2.05) is 31.2 Å². The van der Waals surface area contributed by atoms with Crippen LogP contribution in [0.2, 0.25) is 0 Å². The number of aromatic nitrogens is 2.